The molecule has 0 radical (unpaired) electrons. The van der Waals surface area contributed by atoms with E-state index >= 15 is 0 Å². The lowest BCUT2D eigenvalue weighted by atomic mass is 9.95. The second kappa shape index (κ2) is 12.6. The van der Waals surface area contributed by atoms with Gasteiger partial charge in [0.15, 0.2) is 0 Å². The fraction of sp³-hybridized carbons (Fsp3) is 0. The number of anilines is 2. The Morgan fingerprint density at radius 1 is 0.510 bits per heavy atom. The lowest BCUT2D eigenvalue weighted by molar-refractivity contribution is 0.478. The summed E-state index contributed by atoms with van der Waals surface area (Å²) in [7, 11) is 0. The number of aromatic hydroxyl groups is 1. The van der Waals surface area contributed by atoms with Crippen molar-refractivity contribution in [3.05, 3.63) is 206 Å². The van der Waals surface area contributed by atoms with Crippen molar-refractivity contribution < 1.29 is 5.11 Å². The number of allylic oxidation sites excluding steroid dienone is 4. The Kier molecular flexibility index (Phi) is 7.44. The summed E-state index contributed by atoms with van der Waals surface area (Å²) in [5.74, 6) is 0.250. The second-order valence-electron chi connectivity index (χ2n) is 12.9. The molecule has 0 bridgehead atoms. The highest BCUT2D eigenvalue weighted by Gasteiger charge is 2.21. The van der Waals surface area contributed by atoms with Crippen LogP contribution in [0, 0.1) is 0 Å². The van der Waals surface area contributed by atoms with Crippen molar-refractivity contribution in [2.75, 3.05) is 4.90 Å². The standard InChI is InChI=1S/C48H34N2O/c1-33-31-38(29-30-49(39-17-9-4-10-18-39)44-20-12-11-19-41(33)44)37-23-27-45-43(32-37)42-26-28-46(51)47(36-15-7-3-8-16-36)48(42)50(45)40-24-21-35(22-25-40)34-13-5-2-6-14-34/h2-32,51H,1H2/b30-29-,38-31+. The van der Waals surface area contributed by atoms with Crippen LogP contribution in [0.2, 0.25) is 0 Å². The monoisotopic (exact) mass is 654 g/mol. The van der Waals surface area contributed by atoms with E-state index in [0.717, 1.165) is 77.8 Å². The molecule has 2 heterocycles. The fourth-order valence-electron chi connectivity index (χ4n) is 7.37. The molecule has 8 aromatic rings. The first-order valence-corrected chi connectivity index (χ1v) is 17.2. The first-order chi connectivity index (χ1) is 25.1. The number of para-hydroxylation sites is 2. The molecule has 242 valence electrons. The minimum atomic E-state index is 0.250. The Labute approximate surface area is 297 Å². The molecule has 9 rings (SSSR count). The molecule has 7 aromatic carbocycles. The Balaban J connectivity index is 1.25. The third-order valence-corrected chi connectivity index (χ3v) is 9.81. The summed E-state index contributed by atoms with van der Waals surface area (Å²) in [5, 5.41) is 13.6. The van der Waals surface area contributed by atoms with E-state index in [1.54, 1.807) is 0 Å². The molecule has 3 heteroatoms. The molecule has 1 aromatic heterocycles. The van der Waals surface area contributed by atoms with Crippen LogP contribution in [0.3, 0.4) is 0 Å². The van der Waals surface area contributed by atoms with Crippen molar-refractivity contribution in [3.8, 4) is 33.7 Å². The lowest BCUT2D eigenvalue weighted by Gasteiger charge is -2.26. The zero-order chi connectivity index (χ0) is 34.3. The van der Waals surface area contributed by atoms with E-state index in [1.807, 2.05) is 42.5 Å². The van der Waals surface area contributed by atoms with Crippen LogP contribution in [0.15, 0.2) is 195 Å². The summed E-state index contributed by atoms with van der Waals surface area (Å²) in [6.07, 6.45) is 6.51. The highest BCUT2D eigenvalue weighted by molar-refractivity contribution is 6.15. The SMILES string of the molecule is C=C1/C=C(c2ccc3c(c2)c2ccc(O)c(-c4ccccc4)c2n3-c2ccc(-c3ccccc3)cc2)\C=C/N(c2ccccc2)c2ccccc21. The van der Waals surface area contributed by atoms with Gasteiger partial charge in [0.1, 0.15) is 5.75 Å². The van der Waals surface area contributed by atoms with E-state index in [-0.39, 0.29) is 5.75 Å². The number of hydrogen-bond donors (Lipinski definition) is 1. The molecule has 0 aliphatic carbocycles. The van der Waals surface area contributed by atoms with Crippen LogP contribution in [0.1, 0.15) is 11.1 Å². The van der Waals surface area contributed by atoms with E-state index < -0.39 is 0 Å². The molecular formula is C48H34N2O. The predicted molar refractivity (Wildman–Crippen MR) is 214 cm³/mol. The molecule has 3 nitrogen and oxygen atoms in total. The quantitative estimate of drug-likeness (QED) is 0.200. The summed E-state index contributed by atoms with van der Waals surface area (Å²) in [6, 6.07) is 58.7. The topological polar surface area (TPSA) is 28.4 Å². The van der Waals surface area contributed by atoms with Crippen LogP contribution >= 0.6 is 0 Å². The van der Waals surface area contributed by atoms with Gasteiger partial charge >= 0.3 is 0 Å². The van der Waals surface area contributed by atoms with Crippen LogP contribution in [-0.4, -0.2) is 9.67 Å². The molecule has 0 spiro atoms. The Morgan fingerprint density at radius 2 is 1.14 bits per heavy atom. The molecule has 0 fully saturated rings. The van der Waals surface area contributed by atoms with Gasteiger partial charge in [-0.1, -0.05) is 122 Å². The van der Waals surface area contributed by atoms with Crippen LogP contribution in [0.4, 0.5) is 11.4 Å². The normalized spacial score (nSPS) is 14.5. The highest BCUT2D eigenvalue weighted by Crippen LogP contribution is 2.44. The van der Waals surface area contributed by atoms with Crippen LogP contribution in [0.25, 0.3) is 60.9 Å². The van der Waals surface area contributed by atoms with Gasteiger partial charge in [0, 0.05) is 39.5 Å². The van der Waals surface area contributed by atoms with Gasteiger partial charge in [0.05, 0.1) is 16.7 Å². The van der Waals surface area contributed by atoms with Crippen LogP contribution in [0.5, 0.6) is 5.75 Å². The molecule has 0 saturated heterocycles. The minimum Gasteiger partial charge on any atom is -0.507 e. The van der Waals surface area contributed by atoms with E-state index in [0.29, 0.717) is 0 Å². The molecule has 1 aliphatic rings. The van der Waals surface area contributed by atoms with Crippen molar-refractivity contribution in [1.82, 2.24) is 4.57 Å². The van der Waals surface area contributed by atoms with Crippen molar-refractivity contribution in [1.29, 1.82) is 0 Å². The van der Waals surface area contributed by atoms with Gasteiger partial charge in [-0.25, -0.2) is 0 Å². The average Bonchev–Trinajstić information content (AvgIpc) is 3.51. The zero-order valence-corrected chi connectivity index (χ0v) is 27.9. The van der Waals surface area contributed by atoms with Crippen molar-refractivity contribution >= 4 is 44.3 Å². The van der Waals surface area contributed by atoms with Crippen molar-refractivity contribution in [2.24, 2.45) is 0 Å². The Morgan fingerprint density at radius 3 is 1.88 bits per heavy atom. The summed E-state index contributed by atoms with van der Waals surface area (Å²) in [4.78, 5) is 2.23. The Hall–Kier alpha value is -6.84. The first-order valence-electron chi connectivity index (χ1n) is 17.2. The van der Waals surface area contributed by atoms with Gasteiger partial charge in [0.25, 0.3) is 0 Å². The maximum atomic E-state index is 11.4. The third-order valence-electron chi connectivity index (χ3n) is 9.81. The second-order valence-corrected chi connectivity index (χ2v) is 12.9. The average molecular weight is 655 g/mol. The molecule has 0 atom stereocenters. The fourth-order valence-corrected chi connectivity index (χ4v) is 7.37. The number of phenols is 1. The smallest absolute Gasteiger partial charge is 0.125 e. The number of fused-ring (bicyclic) bond motifs is 4. The number of nitrogens with zero attached hydrogens (tertiary/aromatic N) is 2. The largest absolute Gasteiger partial charge is 0.507 e. The number of rotatable bonds is 5. The van der Waals surface area contributed by atoms with Crippen LogP contribution < -0.4 is 4.90 Å². The molecule has 1 N–H and O–H groups in total. The minimum absolute atomic E-state index is 0.250. The predicted octanol–water partition coefficient (Wildman–Crippen LogP) is 12.6. The number of benzene rings is 7. The molecule has 0 saturated carbocycles. The maximum absolute atomic E-state index is 11.4. The van der Waals surface area contributed by atoms with Gasteiger partial charge in [-0.2, -0.15) is 0 Å². The van der Waals surface area contributed by atoms with Gasteiger partial charge in [-0.15, -0.1) is 0 Å². The van der Waals surface area contributed by atoms with E-state index in [2.05, 4.69) is 162 Å². The summed E-state index contributed by atoms with van der Waals surface area (Å²) >= 11 is 0. The van der Waals surface area contributed by atoms with E-state index in [9.17, 15) is 5.11 Å². The number of aromatic nitrogens is 1. The highest BCUT2D eigenvalue weighted by atomic mass is 16.3. The zero-order valence-electron chi connectivity index (χ0n) is 27.9. The molecule has 0 unspecified atom stereocenters. The van der Waals surface area contributed by atoms with Crippen molar-refractivity contribution in [3.63, 3.8) is 0 Å². The maximum Gasteiger partial charge on any atom is 0.125 e. The molecule has 1 aliphatic heterocycles. The molecule has 0 amide bonds. The third kappa shape index (κ3) is 5.33. The number of phenolic OH excluding ortho intramolecular Hbond substituents is 1. The van der Waals surface area contributed by atoms with Gasteiger partial charge in [-0.3, -0.25) is 0 Å². The summed E-state index contributed by atoms with van der Waals surface area (Å²) < 4.78 is 2.29. The molecular weight excluding hydrogens is 621 g/mol. The lowest BCUT2D eigenvalue weighted by Crippen LogP contribution is -2.11. The van der Waals surface area contributed by atoms with Gasteiger partial charge < -0.3 is 14.6 Å². The van der Waals surface area contributed by atoms with Crippen LogP contribution in [-0.2, 0) is 0 Å². The van der Waals surface area contributed by atoms with E-state index in [4.69, 9.17) is 0 Å². The number of hydrogen-bond acceptors (Lipinski definition) is 2. The first kappa shape index (κ1) is 30.2. The Bertz CT molecular complexity index is 2630. The molecule has 51 heavy (non-hydrogen) atoms. The summed E-state index contributed by atoms with van der Waals surface area (Å²) in [5.41, 5.74) is 13.5. The summed E-state index contributed by atoms with van der Waals surface area (Å²) in [6.45, 7) is 4.53. The van der Waals surface area contributed by atoms with E-state index in [1.165, 1.54) is 5.56 Å². The van der Waals surface area contributed by atoms with Gasteiger partial charge in [-0.05, 0) is 100 Å². The van der Waals surface area contributed by atoms with Gasteiger partial charge in [0.2, 0.25) is 0 Å². The van der Waals surface area contributed by atoms with Crippen molar-refractivity contribution in [2.45, 2.75) is 0 Å².